The molecule has 3 aromatic carbocycles. The van der Waals surface area contributed by atoms with Crippen molar-refractivity contribution in [3.05, 3.63) is 90.0 Å². The van der Waals surface area contributed by atoms with Crippen LogP contribution < -0.4 is 10.1 Å². The number of aromatic nitrogens is 2. The number of amides is 1. The number of ether oxygens (including phenoxy) is 1. The normalized spacial score (nSPS) is 10.8. The zero-order valence-electron chi connectivity index (χ0n) is 16.2. The lowest BCUT2D eigenvalue weighted by Crippen LogP contribution is -2.23. The van der Waals surface area contributed by atoms with Gasteiger partial charge in [-0.15, -0.1) is 10.2 Å². The molecule has 0 saturated carbocycles. The smallest absolute Gasteiger partial charge is 0.387 e. The Kier molecular flexibility index (Phi) is 5.98. The average Bonchev–Trinajstić information content (AvgIpc) is 3.29. The van der Waals surface area contributed by atoms with Crippen LogP contribution in [0.4, 0.5) is 8.78 Å². The number of nitrogens with zero attached hydrogens (tertiary/aromatic N) is 2. The predicted octanol–water partition coefficient (Wildman–Crippen LogP) is 4.94. The van der Waals surface area contributed by atoms with Crippen LogP contribution in [-0.2, 0) is 6.54 Å². The predicted molar refractivity (Wildman–Crippen MR) is 109 cm³/mol. The summed E-state index contributed by atoms with van der Waals surface area (Å²) in [6.45, 7) is -2.88. The lowest BCUT2D eigenvalue weighted by molar-refractivity contribution is -0.0504. The summed E-state index contributed by atoms with van der Waals surface area (Å²) in [5.41, 5.74) is 2.33. The maximum atomic E-state index is 12.5. The number of para-hydroxylation sites is 1. The fourth-order valence-corrected chi connectivity index (χ4v) is 2.94. The van der Waals surface area contributed by atoms with Crippen molar-refractivity contribution in [2.45, 2.75) is 13.2 Å². The van der Waals surface area contributed by atoms with E-state index in [1.54, 1.807) is 42.5 Å². The molecule has 8 heteroatoms. The van der Waals surface area contributed by atoms with E-state index >= 15 is 0 Å². The first-order valence-corrected chi connectivity index (χ1v) is 9.40. The van der Waals surface area contributed by atoms with E-state index in [2.05, 4.69) is 20.3 Å². The molecule has 0 bridgehead atoms. The molecule has 4 aromatic rings. The van der Waals surface area contributed by atoms with Gasteiger partial charge in [-0.3, -0.25) is 4.79 Å². The minimum Gasteiger partial charge on any atom is -0.434 e. The van der Waals surface area contributed by atoms with E-state index in [-0.39, 0.29) is 18.2 Å². The number of halogens is 2. The summed E-state index contributed by atoms with van der Waals surface area (Å²) in [6, 6.07) is 22.4. The Morgan fingerprint density at radius 2 is 1.48 bits per heavy atom. The maximum absolute atomic E-state index is 12.5. The van der Waals surface area contributed by atoms with Crippen LogP contribution in [0.2, 0.25) is 0 Å². The molecule has 0 spiro atoms. The molecule has 0 unspecified atom stereocenters. The molecule has 0 fully saturated rings. The van der Waals surface area contributed by atoms with Crippen molar-refractivity contribution in [1.82, 2.24) is 15.5 Å². The van der Waals surface area contributed by atoms with Crippen molar-refractivity contribution < 1.29 is 22.7 Å². The van der Waals surface area contributed by atoms with Gasteiger partial charge in [0.25, 0.3) is 5.91 Å². The van der Waals surface area contributed by atoms with Crippen LogP contribution in [0.25, 0.3) is 22.9 Å². The van der Waals surface area contributed by atoms with Gasteiger partial charge in [-0.05, 0) is 42.5 Å². The summed E-state index contributed by atoms with van der Waals surface area (Å²) in [4.78, 5) is 12.4. The first-order chi connectivity index (χ1) is 15.1. The number of rotatable bonds is 7. The second-order valence-electron chi connectivity index (χ2n) is 6.52. The standard InChI is InChI=1S/C23H17F2N3O3/c24-23(25)30-19-9-5-4-8-18(19)14-26-20(29)15-10-12-17(13-11-15)22-28-27-21(31-22)16-6-2-1-3-7-16/h1-13,23H,14H2,(H,26,29). The lowest BCUT2D eigenvalue weighted by atomic mass is 10.1. The van der Waals surface area contributed by atoms with Crippen LogP contribution in [0.1, 0.15) is 15.9 Å². The van der Waals surface area contributed by atoms with Crippen LogP contribution in [0.15, 0.2) is 83.3 Å². The third-order valence-electron chi connectivity index (χ3n) is 4.47. The minimum atomic E-state index is -2.93. The van der Waals surface area contributed by atoms with Gasteiger partial charge >= 0.3 is 6.61 Å². The van der Waals surface area contributed by atoms with Crippen molar-refractivity contribution in [2.75, 3.05) is 0 Å². The van der Waals surface area contributed by atoms with Crippen molar-refractivity contribution in [3.63, 3.8) is 0 Å². The summed E-state index contributed by atoms with van der Waals surface area (Å²) >= 11 is 0. The van der Waals surface area contributed by atoms with Gasteiger partial charge < -0.3 is 14.5 Å². The van der Waals surface area contributed by atoms with E-state index in [4.69, 9.17) is 4.42 Å². The van der Waals surface area contributed by atoms with Crippen LogP contribution >= 0.6 is 0 Å². The number of carbonyl (C=O) groups excluding carboxylic acids is 1. The molecular weight excluding hydrogens is 404 g/mol. The van der Waals surface area contributed by atoms with Gasteiger partial charge in [-0.2, -0.15) is 8.78 Å². The highest BCUT2D eigenvalue weighted by molar-refractivity contribution is 5.94. The Bertz CT molecular complexity index is 1160. The molecule has 1 heterocycles. The van der Waals surface area contributed by atoms with Gasteiger partial charge in [0.2, 0.25) is 11.8 Å². The third kappa shape index (κ3) is 4.92. The Balaban J connectivity index is 1.42. The van der Waals surface area contributed by atoms with E-state index in [1.807, 2.05) is 30.3 Å². The molecule has 156 valence electrons. The topological polar surface area (TPSA) is 77.2 Å². The Morgan fingerprint density at radius 3 is 2.16 bits per heavy atom. The van der Waals surface area contributed by atoms with Gasteiger partial charge in [0.05, 0.1) is 0 Å². The van der Waals surface area contributed by atoms with E-state index in [9.17, 15) is 13.6 Å². The molecule has 1 amide bonds. The molecule has 0 atom stereocenters. The number of carbonyl (C=O) groups is 1. The molecule has 1 N–H and O–H groups in total. The number of alkyl halides is 2. The average molecular weight is 421 g/mol. The molecule has 0 aliphatic carbocycles. The van der Waals surface area contributed by atoms with Crippen molar-refractivity contribution >= 4 is 5.91 Å². The number of hydrogen-bond acceptors (Lipinski definition) is 5. The van der Waals surface area contributed by atoms with Gasteiger partial charge in [-0.1, -0.05) is 36.4 Å². The fraction of sp³-hybridized carbons (Fsp3) is 0.0870. The number of hydrogen-bond donors (Lipinski definition) is 1. The van der Waals surface area contributed by atoms with Crippen molar-refractivity contribution in [3.8, 4) is 28.7 Å². The Labute approximate surface area is 176 Å². The summed E-state index contributed by atoms with van der Waals surface area (Å²) in [5.74, 6) is 0.415. The highest BCUT2D eigenvalue weighted by Crippen LogP contribution is 2.24. The van der Waals surface area contributed by atoms with Crippen LogP contribution in [0.5, 0.6) is 5.75 Å². The Morgan fingerprint density at radius 1 is 0.871 bits per heavy atom. The molecular formula is C23H17F2N3O3. The largest absolute Gasteiger partial charge is 0.434 e. The van der Waals surface area contributed by atoms with Crippen molar-refractivity contribution in [1.29, 1.82) is 0 Å². The van der Waals surface area contributed by atoms with E-state index < -0.39 is 6.61 Å². The summed E-state index contributed by atoms with van der Waals surface area (Å²) in [7, 11) is 0. The van der Waals surface area contributed by atoms with Crippen LogP contribution in [0.3, 0.4) is 0 Å². The SMILES string of the molecule is O=C(NCc1ccccc1OC(F)F)c1ccc(-c2nnc(-c3ccccc3)o2)cc1. The summed E-state index contributed by atoms with van der Waals surface area (Å²) in [5, 5.41) is 10.8. The fourth-order valence-electron chi connectivity index (χ4n) is 2.94. The van der Waals surface area contributed by atoms with Crippen LogP contribution in [-0.4, -0.2) is 22.7 Å². The minimum absolute atomic E-state index is 0.0266. The molecule has 0 aliphatic heterocycles. The van der Waals surface area contributed by atoms with Crippen LogP contribution in [0, 0.1) is 0 Å². The summed E-state index contributed by atoms with van der Waals surface area (Å²) < 4.78 is 35.2. The first kappa shape index (κ1) is 20.2. The van der Waals surface area contributed by atoms with Gasteiger partial charge in [-0.25, -0.2) is 0 Å². The highest BCUT2D eigenvalue weighted by atomic mass is 19.3. The molecule has 4 rings (SSSR count). The van der Waals surface area contributed by atoms with Crippen molar-refractivity contribution in [2.24, 2.45) is 0 Å². The molecule has 0 aliphatic rings. The van der Waals surface area contributed by atoms with Gasteiger partial charge in [0.1, 0.15) is 5.75 Å². The van der Waals surface area contributed by atoms with E-state index in [1.165, 1.54) is 6.07 Å². The molecule has 0 saturated heterocycles. The maximum Gasteiger partial charge on any atom is 0.387 e. The molecule has 0 radical (unpaired) electrons. The van der Waals surface area contributed by atoms with E-state index in [0.29, 0.717) is 28.5 Å². The second kappa shape index (κ2) is 9.17. The second-order valence-corrected chi connectivity index (χ2v) is 6.52. The zero-order valence-corrected chi connectivity index (χ0v) is 16.2. The zero-order chi connectivity index (χ0) is 21.6. The Hall–Kier alpha value is -4.07. The van der Waals surface area contributed by atoms with Gasteiger partial charge in [0, 0.05) is 28.8 Å². The third-order valence-corrected chi connectivity index (χ3v) is 4.47. The quantitative estimate of drug-likeness (QED) is 0.458. The lowest BCUT2D eigenvalue weighted by Gasteiger charge is -2.11. The highest BCUT2D eigenvalue weighted by Gasteiger charge is 2.13. The number of nitrogens with one attached hydrogen (secondary N) is 1. The molecule has 6 nitrogen and oxygen atoms in total. The molecule has 1 aromatic heterocycles. The first-order valence-electron chi connectivity index (χ1n) is 9.40. The van der Waals surface area contributed by atoms with Gasteiger partial charge in [0.15, 0.2) is 0 Å². The monoisotopic (exact) mass is 421 g/mol. The number of benzene rings is 3. The van der Waals surface area contributed by atoms with E-state index in [0.717, 1.165) is 5.56 Å². The molecule has 31 heavy (non-hydrogen) atoms. The summed E-state index contributed by atoms with van der Waals surface area (Å²) in [6.07, 6.45) is 0.